The Morgan fingerprint density at radius 2 is 1.55 bits per heavy atom. The number of hydrogen-bond donors (Lipinski definition) is 0. The summed E-state index contributed by atoms with van der Waals surface area (Å²) >= 11 is 0. The lowest BCUT2D eigenvalue weighted by atomic mass is 10.2. The highest BCUT2D eigenvalue weighted by Gasteiger charge is 2.14. The maximum Gasteiger partial charge on any atom is 0.119 e. The Morgan fingerprint density at radius 1 is 0.864 bits per heavy atom. The smallest absolute Gasteiger partial charge is 0.119 e. The van der Waals surface area contributed by atoms with Crippen LogP contribution in [-0.4, -0.2) is 74.2 Å². The van der Waals surface area contributed by atoms with E-state index < -0.39 is 0 Å². The van der Waals surface area contributed by atoms with E-state index in [1.807, 2.05) is 0 Å². The van der Waals surface area contributed by atoms with Crippen molar-refractivity contribution in [1.82, 2.24) is 14.7 Å². The summed E-state index contributed by atoms with van der Waals surface area (Å²) in [5.41, 5.74) is 1.39. The van der Waals surface area contributed by atoms with Crippen LogP contribution in [0.3, 0.4) is 0 Å². The van der Waals surface area contributed by atoms with Crippen LogP contribution in [0.1, 0.15) is 18.4 Å². The van der Waals surface area contributed by atoms with Gasteiger partial charge in [-0.15, -0.1) is 0 Å². The summed E-state index contributed by atoms with van der Waals surface area (Å²) in [6.45, 7) is 10.1. The second kappa shape index (κ2) is 7.95. The first-order chi connectivity index (χ1) is 10.8. The van der Waals surface area contributed by atoms with Crippen molar-refractivity contribution in [1.29, 1.82) is 0 Å². The van der Waals surface area contributed by atoms with E-state index in [-0.39, 0.29) is 0 Å². The fourth-order valence-corrected chi connectivity index (χ4v) is 3.25. The van der Waals surface area contributed by atoms with Gasteiger partial charge in [-0.05, 0) is 50.7 Å². The maximum absolute atomic E-state index is 5.87. The quantitative estimate of drug-likeness (QED) is 0.799. The molecule has 0 spiro atoms. The van der Waals surface area contributed by atoms with Crippen molar-refractivity contribution < 1.29 is 4.74 Å². The maximum atomic E-state index is 5.87. The van der Waals surface area contributed by atoms with Gasteiger partial charge in [-0.25, -0.2) is 0 Å². The molecule has 0 atom stereocenters. The molecule has 0 unspecified atom stereocenters. The van der Waals surface area contributed by atoms with Crippen molar-refractivity contribution in [2.75, 3.05) is 59.5 Å². The zero-order chi connectivity index (χ0) is 15.2. The fourth-order valence-electron chi connectivity index (χ4n) is 3.25. The van der Waals surface area contributed by atoms with Gasteiger partial charge in [-0.3, -0.25) is 9.80 Å². The summed E-state index contributed by atoms with van der Waals surface area (Å²) in [6, 6.07) is 8.66. The van der Waals surface area contributed by atoms with E-state index >= 15 is 0 Å². The second-order valence-electron chi connectivity index (χ2n) is 6.62. The highest BCUT2D eigenvalue weighted by molar-refractivity contribution is 5.27. The summed E-state index contributed by atoms with van der Waals surface area (Å²) in [6.07, 6.45) is 2.70. The second-order valence-corrected chi connectivity index (χ2v) is 6.62. The van der Waals surface area contributed by atoms with E-state index in [1.54, 1.807) is 0 Å². The number of likely N-dealkylation sites (N-methyl/N-ethyl adjacent to an activating group) is 1. The van der Waals surface area contributed by atoms with Gasteiger partial charge < -0.3 is 9.64 Å². The van der Waals surface area contributed by atoms with Crippen LogP contribution >= 0.6 is 0 Å². The predicted octanol–water partition coefficient (Wildman–Crippen LogP) is 1.91. The minimum Gasteiger partial charge on any atom is -0.492 e. The molecule has 1 aromatic rings. The lowest BCUT2D eigenvalue weighted by molar-refractivity contribution is 0.148. The molecule has 0 radical (unpaired) electrons. The Hall–Kier alpha value is -1.10. The molecule has 2 heterocycles. The molecule has 0 aliphatic carbocycles. The third-order valence-corrected chi connectivity index (χ3v) is 4.80. The van der Waals surface area contributed by atoms with Gasteiger partial charge in [0.25, 0.3) is 0 Å². The number of hydrogen-bond acceptors (Lipinski definition) is 4. The van der Waals surface area contributed by atoms with E-state index in [2.05, 4.69) is 46.0 Å². The standard InChI is InChI=1S/C18H29N3O/c1-19-10-12-21(13-11-19)16-17-4-6-18(7-5-17)22-15-14-20-8-2-3-9-20/h4-7H,2-3,8-16H2,1H3. The molecule has 0 amide bonds. The summed E-state index contributed by atoms with van der Waals surface area (Å²) in [5.74, 6) is 1.00. The number of ether oxygens (including phenoxy) is 1. The molecule has 2 aliphatic heterocycles. The number of benzene rings is 1. The molecular weight excluding hydrogens is 274 g/mol. The SMILES string of the molecule is CN1CCN(Cc2ccc(OCCN3CCCC3)cc2)CC1. The van der Waals surface area contributed by atoms with Crippen LogP contribution in [0.15, 0.2) is 24.3 Å². The largest absolute Gasteiger partial charge is 0.492 e. The zero-order valence-electron chi connectivity index (χ0n) is 13.8. The molecule has 2 fully saturated rings. The van der Waals surface area contributed by atoms with Crippen molar-refractivity contribution in [3.63, 3.8) is 0 Å². The molecule has 22 heavy (non-hydrogen) atoms. The molecule has 2 aliphatic rings. The number of likely N-dealkylation sites (tertiary alicyclic amines) is 1. The van der Waals surface area contributed by atoms with Crippen LogP contribution in [0.4, 0.5) is 0 Å². The monoisotopic (exact) mass is 303 g/mol. The van der Waals surface area contributed by atoms with Crippen molar-refractivity contribution in [2.24, 2.45) is 0 Å². The summed E-state index contributed by atoms with van der Waals surface area (Å²) < 4.78 is 5.87. The highest BCUT2D eigenvalue weighted by atomic mass is 16.5. The third kappa shape index (κ3) is 4.70. The summed E-state index contributed by atoms with van der Waals surface area (Å²) in [4.78, 5) is 7.42. The molecule has 0 saturated carbocycles. The van der Waals surface area contributed by atoms with Gasteiger partial charge >= 0.3 is 0 Å². The normalized spacial score (nSPS) is 21.3. The predicted molar refractivity (Wildman–Crippen MR) is 90.4 cm³/mol. The average Bonchev–Trinajstić information content (AvgIpc) is 3.05. The Morgan fingerprint density at radius 3 is 2.23 bits per heavy atom. The number of piperazine rings is 1. The molecule has 4 nitrogen and oxygen atoms in total. The van der Waals surface area contributed by atoms with Gasteiger partial charge in [0.2, 0.25) is 0 Å². The molecular formula is C18H29N3O. The highest BCUT2D eigenvalue weighted by Crippen LogP contribution is 2.15. The van der Waals surface area contributed by atoms with Crippen LogP contribution in [0.25, 0.3) is 0 Å². The summed E-state index contributed by atoms with van der Waals surface area (Å²) in [5, 5.41) is 0. The zero-order valence-corrected chi connectivity index (χ0v) is 13.8. The third-order valence-electron chi connectivity index (χ3n) is 4.80. The van der Waals surface area contributed by atoms with Gasteiger partial charge in [0.05, 0.1) is 0 Å². The molecule has 122 valence electrons. The fraction of sp³-hybridized carbons (Fsp3) is 0.667. The minimum atomic E-state index is 0.803. The Labute approximate surface area is 134 Å². The first-order valence-corrected chi connectivity index (χ1v) is 8.64. The molecule has 0 N–H and O–H groups in total. The van der Waals surface area contributed by atoms with Crippen LogP contribution in [0.2, 0.25) is 0 Å². The van der Waals surface area contributed by atoms with Crippen molar-refractivity contribution in [3.8, 4) is 5.75 Å². The number of rotatable bonds is 6. The minimum absolute atomic E-state index is 0.803. The van der Waals surface area contributed by atoms with Crippen LogP contribution in [-0.2, 0) is 6.54 Å². The lowest BCUT2D eigenvalue weighted by Gasteiger charge is -2.32. The lowest BCUT2D eigenvalue weighted by Crippen LogP contribution is -2.43. The van der Waals surface area contributed by atoms with Crippen molar-refractivity contribution in [2.45, 2.75) is 19.4 Å². The molecule has 1 aromatic carbocycles. The Bertz CT molecular complexity index is 434. The van der Waals surface area contributed by atoms with Crippen LogP contribution < -0.4 is 4.74 Å². The molecule has 2 saturated heterocycles. The van der Waals surface area contributed by atoms with Crippen LogP contribution in [0.5, 0.6) is 5.75 Å². The van der Waals surface area contributed by atoms with Gasteiger partial charge in [-0.2, -0.15) is 0 Å². The van der Waals surface area contributed by atoms with E-state index in [0.717, 1.165) is 25.4 Å². The first-order valence-electron chi connectivity index (χ1n) is 8.64. The van der Waals surface area contributed by atoms with Crippen molar-refractivity contribution in [3.05, 3.63) is 29.8 Å². The molecule has 3 rings (SSSR count). The van der Waals surface area contributed by atoms with E-state index in [9.17, 15) is 0 Å². The van der Waals surface area contributed by atoms with Gasteiger partial charge in [-0.1, -0.05) is 12.1 Å². The van der Waals surface area contributed by atoms with E-state index in [1.165, 1.54) is 57.7 Å². The molecule has 0 aromatic heterocycles. The van der Waals surface area contributed by atoms with Gasteiger partial charge in [0.1, 0.15) is 12.4 Å². The first kappa shape index (κ1) is 15.8. The molecule has 4 heteroatoms. The summed E-state index contributed by atoms with van der Waals surface area (Å²) in [7, 11) is 2.20. The van der Waals surface area contributed by atoms with E-state index in [0.29, 0.717) is 0 Å². The van der Waals surface area contributed by atoms with Crippen molar-refractivity contribution >= 4 is 0 Å². The van der Waals surface area contributed by atoms with Gasteiger partial charge in [0.15, 0.2) is 0 Å². The topological polar surface area (TPSA) is 19.0 Å². The molecule has 0 bridgehead atoms. The average molecular weight is 303 g/mol. The Kier molecular flexibility index (Phi) is 5.70. The van der Waals surface area contributed by atoms with E-state index in [4.69, 9.17) is 4.74 Å². The number of nitrogens with zero attached hydrogens (tertiary/aromatic N) is 3. The Balaban J connectivity index is 1.39. The van der Waals surface area contributed by atoms with Gasteiger partial charge in [0, 0.05) is 39.3 Å². The van der Waals surface area contributed by atoms with Crippen LogP contribution in [0, 0.1) is 0 Å².